The van der Waals surface area contributed by atoms with Crippen LogP contribution in [0, 0.1) is 13.8 Å². The molecule has 30 heavy (non-hydrogen) atoms. The Labute approximate surface area is 176 Å². The number of aromatic nitrogens is 3. The molecule has 0 radical (unpaired) electrons. The fraction of sp³-hybridized carbons (Fsp3) is 0.364. The van der Waals surface area contributed by atoms with Crippen LogP contribution < -0.4 is 11.1 Å². The lowest BCUT2D eigenvalue weighted by molar-refractivity contribution is 0.0953. The van der Waals surface area contributed by atoms with Gasteiger partial charge in [-0.3, -0.25) is 4.79 Å². The smallest absolute Gasteiger partial charge is 0.251 e. The Morgan fingerprint density at radius 2 is 2.00 bits per heavy atom. The second-order valence-corrected chi connectivity index (χ2v) is 7.05. The fourth-order valence-electron chi connectivity index (χ4n) is 3.36. The highest BCUT2D eigenvalue weighted by atomic mass is 16.6. The van der Waals surface area contributed by atoms with Crippen LogP contribution in [0.3, 0.4) is 0 Å². The van der Waals surface area contributed by atoms with Gasteiger partial charge in [-0.15, -0.1) is 0 Å². The minimum absolute atomic E-state index is 0.0551. The van der Waals surface area contributed by atoms with Gasteiger partial charge in [-0.1, -0.05) is 23.4 Å². The molecule has 2 heterocycles. The zero-order valence-corrected chi connectivity index (χ0v) is 17.7. The molecule has 0 aliphatic heterocycles. The molecule has 0 saturated heterocycles. The lowest BCUT2D eigenvalue weighted by Crippen LogP contribution is -2.24. The van der Waals surface area contributed by atoms with E-state index in [1.165, 1.54) is 0 Å². The average molecular weight is 409 g/mol. The molecule has 0 unspecified atom stereocenters. The quantitative estimate of drug-likeness (QED) is 0.321. The van der Waals surface area contributed by atoms with Gasteiger partial charge in [0.05, 0.1) is 5.52 Å². The summed E-state index contributed by atoms with van der Waals surface area (Å²) in [6.45, 7) is 7.35. The molecule has 0 atom stereocenters. The zero-order valence-electron chi connectivity index (χ0n) is 17.7. The van der Waals surface area contributed by atoms with Gasteiger partial charge in [0.2, 0.25) is 0 Å². The maximum Gasteiger partial charge on any atom is 0.251 e. The van der Waals surface area contributed by atoms with E-state index >= 15 is 0 Å². The monoisotopic (exact) mass is 408 g/mol. The van der Waals surface area contributed by atoms with Crippen LogP contribution in [0.5, 0.6) is 0 Å². The van der Waals surface area contributed by atoms with Crippen LogP contribution in [-0.4, -0.2) is 33.2 Å². The van der Waals surface area contributed by atoms with Crippen LogP contribution in [0.25, 0.3) is 11.0 Å². The Morgan fingerprint density at radius 1 is 1.23 bits per heavy atom. The highest BCUT2D eigenvalue weighted by Crippen LogP contribution is 2.26. The number of unbranched alkanes of at least 4 members (excludes halogenated alkanes) is 1. The van der Waals surface area contributed by atoms with Crippen molar-refractivity contribution in [3.63, 3.8) is 0 Å². The van der Waals surface area contributed by atoms with E-state index in [4.69, 9.17) is 10.6 Å². The van der Waals surface area contributed by atoms with Crippen molar-refractivity contribution in [3.8, 4) is 0 Å². The number of pyridine rings is 1. The van der Waals surface area contributed by atoms with Crippen molar-refractivity contribution in [2.75, 3.05) is 12.3 Å². The highest BCUT2D eigenvalue weighted by molar-refractivity contribution is 5.94. The molecular formula is C22H28N6O2. The molecule has 3 rings (SSSR count). The summed E-state index contributed by atoms with van der Waals surface area (Å²) < 4.78 is 2.12. The van der Waals surface area contributed by atoms with Crippen molar-refractivity contribution in [1.82, 2.24) is 19.9 Å². The molecule has 1 amide bonds. The second kappa shape index (κ2) is 9.87. The Balaban J connectivity index is 1.69. The predicted molar refractivity (Wildman–Crippen MR) is 118 cm³/mol. The lowest BCUT2D eigenvalue weighted by Gasteiger charge is -2.12. The lowest BCUT2D eigenvalue weighted by atomic mass is 10.2. The Morgan fingerprint density at radius 3 is 2.73 bits per heavy atom. The van der Waals surface area contributed by atoms with Crippen molar-refractivity contribution in [3.05, 3.63) is 53.0 Å². The number of carbonyl (C=O) groups excluding carboxylic acids is 1. The molecule has 0 bridgehead atoms. The number of nitrogens with two attached hydrogens (primary N) is 1. The van der Waals surface area contributed by atoms with Gasteiger partial charge in [0.1, 0.15) is 5.52 Å². The zero-order chi connectivity index (χ0) is 21.5. The normalized spacial score (nSPS) is 11.3. The first-order valence-corrected chi connectivity index (χ1v) is 10.1. The van der Waals surface area contributed by atoms with Gasteiger partial charge in [0.25, 0.3) is 5.91 Å². The summed E-state index contributed by atoms with van der Waals surface area (Å²) in [5.41, 5.74) is 10.4. The number of fused-ring (bicyclic) bond motifs is 1. The van der Waals surface area contributed by atoms with Crippen LogP contribution in [0.4, 0.5) is 5.82 Å². The highest BCUT2D eigenvalue weighted by Gasteiger charge is 2.17. The van der Waals surface area contributed by atoms with Gasteiger partial charge in [-0.2, -0.15) is 0 Å². The number of aryl methyl sites for hydroxylation is 3. The number of nitrogens with one attached hydrogen (secondary N) is 1. The standard InChI is InChI=1S/C22H28N6O2/c1-4-25-30-14-18-27-19-20(15(2)16(3)26-21(19)23)28(18)13-9-8-12-24-22(29)17-10-6-5-7-11-17/h4-7,10-11H,8-9,12-14H2,1-3H3,(H2,23,26)(H,24,29)/b25-4+. The van der Waals surface area contributed by atoms with Gasteiger partial charge >= 0.3 is 0 Å². The number of rotatable bonds is 9. The van der Waals surface area contributed by atoms with E-state index < -0.39 is 0 Å². The maximum atomic E-state index is 12.2. The second-order valence-electron chi connectivity index (χ2n) is 7.05. The van der Waals surface area contributed by atoms with Crippen molar-refractivity contribution in [2.45, 2.75) is 46.8 Å². The number of benzene rings is 1. The summed E-state index contributed by atoms with van der Waals surface area (Å²) in [5.74, 6) is 1.12. The summed E-state index contributed by atoms with van der Waals surface area (Å²) in [6, 6.07) is 9.22. The van der Waals surface area contributed by atoms with Crippen LogP contribution in [0.1, 0.15) is 47.2 Å². The molecule has 0 aliphatic rings. The van der Waals surface area contributed by atoms with Gasteiger partial charge < -0.3 is 20.5 Å². The summed E-state index contributed by atoms with van der Waals surface area (Å²) in [6.07, 6.45) is 3.29. The van der Waals surface area contributed by atoms with Gasteiger partial charge in [0.15, 0.2) is 18.2 Å². The molecule has 1 aromatic carbocycles. The van der Waals surface area contributed by atoms with E-state index in [1.807, 2.05) is 44.2 Å². The van der Waals surface area contributed by atoms with Crippen LogP contribution >= 0.6 is 0 Å². The number of imidazole rings is 1. The third kappa shape index (κ3) is 4.76. The molecular weight excluding hydrogens is 380 g/mol. The fourth-order valence-corrected chi connectivity index (χ4v) is 3.36. The van der Waals surface area contributed by atoms with E-state index in [1.54, 1.807) is 13.1 Å². The Kier molecular flexibility index (Phi) is 7.00. The van der Waals surface area contributed by atoms with E-state index in [0.717, 1.165) is 42.0 Å². The minimum Gasteiger partial charge on any atom is -0.388 e. The molecule has 0 aliphatic carbocycles. The maximum absolute atomic E-state index is 12.2. The summed E-state index contributed by atoms with van der Waals surface area (Å²) in [7, 11) is 0. The number of oxime groups is 1. The number of anilines is 1. The SMILES string of the molecule is C/C=N/OCc1nc2c(N)nc(C)c(C)c2n1CCCCNC(=O)c1ccccc1. The molecule has 8 heteroatoms. The Hall–Kier alpha value is -3.42. The number of hydrogen-bond acceptors (Lipinski definition) is 6. The first kappa shape index (κ1) is 21.3. The van der Waals surface area contributed by atoms with E-state index in [-0.39, 0.29) is 12.5 Å². The third-order valence-corrected chi connectivity index (χ3v) is 4.98. The summed E-state index contributed by atoms with van der Waals surface area (Å²) in [5, 5.41) is 6.79. The number of amides is 1. The first-order valence-electron chi connectivity index (χ1n) is 10.1. The molecule has 3 aromatic rings. The summed E-state index contributed by atoms with van der Waals surface area (Å²) in [4.78, 5) is 26.5. The number of nitrogen functional groups attached to an aromatic ring is 1. The average Bonchev–Trinajstić information content (AvgIpc) is 3.11. The Bertz CT molecular complexity index is 1040. The molecule has 2 aromatic heterocycles. The molecule has 8 nitrogen and oxygen atoms in total. The van der Waals surface area contributed by atoms with Crippen molar-refractivity contribution < 1.29 is 9.63 Å². The molecule has 158 valence electrons. The molecule has 0 fully saturated rings. The van der Waals surface area contributed by atoms with Crippen molar-refractivity contribution in [1.29, 1.82) is 0 Å². The van der Waals surface area contributed by atoms with Gasteiger partial charge in [-0.25, -0.2) is 9.97 Å². The minimum atomic E-state index is -0.0551. The van der Waals surface area contributed by atoms with Gasteiger partial charge in [0, 0.05) is 30.6 Å². The van der Waals surface area contributed by atoms with E-state index in [2.05, 4.69) is 25.0 Å². The third-order valence-electron chi connectivity index (χ3n) is 4.98. The van der Waals surface area contributed by atoms with Crippen LogP contribution in [0.15, 0.2) is 35.5 Å². The molecule has 0 saturated carbocycles. The van der Waals surface area contributed by atoms with Crippen LogP contribution in [-0.2, 0) is 18.0 Å². The van der Waals surface area contributed by atoms with Gasteiger partial charge in [-0.05, 0) is 51.3 Å². The van der Waals surface area contributed by atoms with Crippen molar-refractivity contribution in [2.24, 2.45) is 5.16 Å². The first-order chi connectivity index (χ1) is 14.5. The number of carbonyl (C=O) groups is 1. The number of nitrogens with zero attached hydrogens (tertiary/aromatic N) is 4. The van der Waals surface area contributed by atoms with Crippen LogP contribution in [0.2, 0.25) is 0 Å². The summed E-state index contributed by atoms with van der Waals surface area (Å²) >= 11 is 0. The number of hydrogen-bond donors (Lipinski definition) is 2. The largest absolute Gasteiger partial charge is 0.388 e. The van der Waals surface area contributed by atoms with E-state index in [9.17, 15) is 4.79 Å². The van der Waals surface area contributed by atoms with E-state index in [0.29, 0.717) is 23.4 Å². The molecule has 0 spiro atoms. The van der Waals surface area contributed by atoms with Crippen molar-refractivity contribution >= 4 is 29.0 Å². The molecule has 3 N–H and O–H groups in total. The predicted octanol–water partition coefficient (Wildman–Crippen LogP) is 3.36. The topological polar surface area (TPSA) is 107 Å².